The summed E-state index contributed by atoms with van der Waals surface area (Å²) in [6, 6.07) is 14.3. The van der Waals surface area contributed by atoms with Crippen molar-refractivity contribution in [2.24, 2.45) is 0 Å². The summed E-state index contributed by atoms with van der Waals surface area (Å²) in [5.74, 6) is 2.36. The standard InChI is InChI=1S/C22H27N2O3S/c1-4-16-6-9-18(10-7-16)23-15-22(25,24-12-5-13-28-21(23)24)17-8-11-19(26-2)20(14-17)27-3/h6-11,14,25H,4-5,12-13,15H2,1-3H3/q+1. The fraction of sp³-hybridized carbons (Fsp3) is 0.409. The lowest BCUT2D eigenvalue weighted by atomic mass is 10.0. The maximum atomic E-state index is 11.8. The van der Waals surface area contributed by atoms with Gasteiger partial charge in [-0.1, -0.05) is 19.1 Å². The fourth-order valence-electron chi connectivity index (χ4n) is 3.95. The van der Waals surface area contributed by atoms with E-state index in [1.165, 1.54) is 5.56 Å². The van der Waals surface area contributed by atoms with Crippen molar-refractivity contribution >= 4 is 22.6 Å². The van der Waals surface area contributed by atoms with E-state index in [-0.39, 0.29) is 0 Å². The first kappa shape index (κ1) is 19.2. The van der Waals surface area contributed by atoms with Crippen LogP contribution >= 0.6 is 11.8 Å². The molecule has 5 nitrogen and oxygen atoms in total. The first-order chi connectivity index (χ1) is 13.6. The topological polar surface area (TPSA) is 44.9 Å². The first-order valence-electron chi connectivity index (χ1n) is 9.69. The molecule has 4 rings (SSSR count). The van der Waals surface area contributed by atoms with E-state index in [0.29, 0.717) is 18.0 Å². The van der Waals surface area contributed by atoms with Gasteiger partial charge in [-0.05, 0) is 60.5 Å². The van der Waals surface area contributed by atoms with E-state index in [1.807, 2.05) is 30.0 Å². The van der Waals surface area contributed by atoms with Crippen LogP contribution in [-0.4, -0.2) is 47.9 Å². The van der Waals surface area contributed by atoms with Crippen molar-refractivity contribution in [3.05, 3.63) is 53.6 Å². The highest BCUT2D eigenvalue weighted by Crippen LogP contribution is 2.40. The molecule has 0 spiro atoms. The molecule has 1 atom stereocenters. The molecule has 6 heteroatoms. The van der Waals surface area contributed by atoms with Crippen LogP contribution in [0.4, 0.5) is 5.69 Å². The van der Waals surface area contributed by atoms with Gasteiger partial charge >= 0.3 is 5.17 Å². The summed E-state index contributed by atoms with van der Waals surface area (Å²) >= 11 is 1.81. The normalized spacial score (nSPS) is 21.6. The number of ether oxygens (including phenoxy) is 2. The van der Waals surface area contributed by atoms with Crippen LogP contribution in [0.5, 0.6) is 11.5 Å². The van der Waals surface area contributed by atoms with Crippen molar-refractivity contribution in [2.45, 2.75) is 25.5 Å². The predicted octanol–water partition coefficient (Wildman–Crippen LogP) is 3.44. The first-order valence-corrected chi connectivity index (χ1v) is 10.7. The molecule has 0 aliphatic carbocycles. The summed E-state index contributed by atoms with van der Waals surface area (Å²) in [6.45, 7) is 3.47. The van der Waals surface area contributed by atoms with Gasteiger partial charge in [-0.25, -0.2) is 9.48 Å². The second-order valence-electron chi connectivity index (χ2n) is 7.13. The van der Waals surface area contributed by atoms with Crippen molar-refractivity contribution in [2.75, 3.05) is 38.0 Å². The summed E-state index contributed by atoms with van der Waals surface area (Å²) in [5, 5.41) is 12.9. The molecule has 2 aliphatic heterocycles. The molecule has 148 valence electrons. The molecule has 28 heavy (non-hydrogen) atoms. The van der Waals surface area contributed by atoms with Gasteiger partial charge in [-0.3, -0.25) is 0 Å². The average Bonchev–Trinajstić information content (AvgIpc) is 3.07. The van der Waals surface area contributed by atoms with Crippen molar-refractivity contribution in [3.63, 3.8) is 0 Å². The molecular formula is C22H27N2O3S+. The Labute approximate surface area is 170 Å². The number of aryl methyl sites for hydroxylation is 1. The van der Waals surface area contributed by atoms with Gasteiger partial charge in [0.2, 0.25) is 0 Å². The van der Waals surface area contributed by atoms with Crippen molar-refractivity contribution in [1.82, 2.24) is 0 Å². The number of hydrogen-bond acceptors (Lipinski definition) is 5. The molecule has 2 heterocycles. The van der Waals surface area contributed by atoms with Crippen LogP contribution in [0.3, 0.4) is 0 Å². The number of anilines is 1. The highest BCUT2D eigenvalue weighted by atomic mass is 32.2. The molecule has 1 N–H and O–H groups in total. The number of amidine groups is 1. The van der Waals surface area contributed by atoms with Gasteiger partial charge < -0.3 is 14.6 Å². The Morgan fingerprint density at radius 1 is 1.11 bits per heavy atom. The number of thioether (sulfide) groups is 1. The van der Waals surface area contributed by atoms with E-state index in [9.17, 15) is 5.11 Å². The van der Waals surface area contributed by atoms with Crippen LogP contribution < -0.4 is 14.4 Å². The molecule has 2 aromatic rings. The molecule has 1 unspecified atom stereocenters. The van der Waals surface area contributed by atoms with Gasteiger partial charge in [0.15, 0.2) is 18.0 Å². The van der Waals surface area contributed by atoms with Gasteiger partial charge in [-0.15, -0.1) is 0 Å². The minimum Gasteiger partial charge on any atom is -0.493 e. The summed E-state index contributed by atoms with van der Waals surface area (Å²) in [5.41, 5.74) is 2.14. The van der Waals surface area contributed by atoms with E-state index < -0.39 is 5.72 Å². The van der Waals surface area contributed by atoms with Crippen LogP contribution in [0.1, 0.15) is 24.5 Å². The molecule has 0 saturated heterocycles. The summed E-state index contributed by atoms with van der Waals surface area (Å²) in [7, 11) is 3.24. The molecule has 2 aromatic carbocycles. The Bertz CT molecular complexity index is 897. The van der Waals surface area contributed by atoms with Crippen LogP contribution in [-0.2, 0) is 12.1 Å². The molecule has 0 saturated carbocycles. The molecule has 0 fully saturated rings. The fourth-order valence-corrected chi connectivity index (χ4v) is 5.13. The SMILES string of the molecule is CCc1ccc(N2CC(O)(c3ccc(OC)c(OC)c3)[N+]3=C2SCCC3)cc1. The second-order valence-corrected chi connectivity index (χ2v) is 8.19. The van der Waals surface area contributed by atoms with E-state index in [1.54, 1.807) is 14.2 Å². The zero-order valence-corrected chi connectivity index (χ0v) is 17.5. The Balaban J connectivity index is 1.76. The van der Waals surface area contributed by atoms with Crippen LogP contribution in [0, 0.1) is 0 Å². The molecule has 0 bridgehead atoms. The maximum Gasteiger partial charge on any atom is 0.316 e. The molecular weight excluding hydrogens is 372 g/mol. The molecule has 0 radical (unpaired) electrons. The van der Waals surface area contributed by atoms with E-state index in [0.717, 1.165) is 41.6 Å². The maximum absolute atomic E-state index is 11.8. The zero-order valence-electron chi connectivity index (χ0n) is 16.6. The quantitative estimate of drug-likeness (QED) is 0.781. The van der Waals surface area contributed by atoms with E-state index in [2.05, 4.69) is 40.7 Å². The summed E-state index contributed by atoms with van der Waals surface area (Å²) in [4.78, 5) is 2.24. The Hall–Kier alpha value is -2.18. The number of aliphatic hydroxyl groups is 1. The average molecular weight is 400 g/mol. The highest BCUT2D eigenvalue weighted by molar-refractivity contribution is 8.13. The van der Waals surface area contributed by atoms with Crippen LogP contribution in [0.2, 0.25) is 0 Å². The van der Waals surface area contributed by atoms with Crippen LogP contribution in [0.25, 0.3) is 0 Å². The predicted molar refractivity (Wildman–Crippen MR) is 114 cm³/mol. The zero-order chi connectivity index (χ0) is 19.7. The van der Waals surface area contributed by atoms with Crippen LogP contribution in [0.15, 0.2) is 42.5 Å². The van der Waals surface area contributed by atoms with Gasteiger partial charge in [0, 0.05) is 11.3 Å². The Kier molecular flexibility index (Phi) is 5.25. The molecule has 0 amide bonds. The number of nitrogens with zero attached hydrogens (tertiary/aromatic N) is 2. The monoisotopic (exact) mass is 399 g/mol. The number of rotatable bonds is 5. The van der Waals surface area contributed by atoms with Gasteiger partial charge in [0.1, 0.15) is 5.69 Å². The second kappa shape index (κ2) is 7.68. The Morgan fingerprint density at radius 2 is 1.86 bits per heavy atom. The minimum atomic E-state index is -1.11. The third-order valence-electron chi connectivity index (χ3n) is 5.55. The number of hydrogen-bond donors (Lipinski definition) is 1. The van der Waals surface area contributed by atoms with Gasteiger partial charge in [0.25, 0.3) is 5.72 Å². The number of benzene rings is 2. The summed E-state index contributed by atoms with van der Waals surface area (Å²) < 4.78 is 13.0. The van der Waals surface area contributed by atoms with Gasteiger partial charge in [-0.2, -0.15) is 0 Å². The van der Waals surface area contributed by atoms with Crippen molar-refractivity contribution in [1.29, 1.82) is 0 Å². The van der Waals surface area contributed by atoms with E-state index in [4.69, 9.17) is 9.47 Å². The van der Waals surface area contributed by atoms with Crippen molar-refractivity contribution < 1.29 is 19.2 Å². The lowest BCUT2D eigenvalue weighted by Crippen LogP contribution is -2.41. The lowest BCUT2D eigenvalue weighted by Gasteiger charge is -2.25. The third kappa shape index (κ3) is 3.14. The number of methoxy groups -OCH3 is 2. The van der Waals surface area contributed by atoms with E-state index >= 15 is 0 Å². The number of β-amino-alcohol motifs (C(OH)–C–C–N with tert-alkyl or cyclic N) is 1. The largest absolute Gasteiger partial charge is 0.493 e. The minimum absolute atomic E-state index is 0.482. The summed E-state index contributed by atoms with van der Waals surface area (Å²) in [6.07, 6.45) is 2.07. The third-order valence-corrected chi connectivity index (χ3v) is 6.74. The highest BCUT2D eigenvalue weighted by Gasteiger charge is 2.53. The van der Waals surface area contributed by atoms with Gasteiger partial charge in [0.05, 0.1) is 20.8 Å². The molecule has 0 aromatic heterocycles. The van der Waals surface area contributed by atoms with Crippen molar-refractivity contribution in [3.8, 4) is 11.5 Å². The lowest BCUT2D eigenvalue weighted by molar-refractivity contribution is -0.656. The smallest absolute Gasteiger partial charge is 0.316 e. The molecule has 2 aliphatic rings. The Morgan fingerprint density at radius 3 is 2.54 bits per heavy atom.